The van der Waals surface area contributed by atoms with E-state index in [1.807, 2.05) is 18.2 Å². The molecule has 8 heteroatoms. The average molecular weight is 403 g/mol. The van der Waals surface area contributed by atoms with Crippen molar-refractivity contribution in [2.75, 3.05) is 25.5 Å². The number of hydrogen-bond donors (Lipinski definition) is 3. The second-order valence-corrected chi connectivity index (χ2v) is 7.79. The number of nitrogens with two attached hydrogens (primary N) is 2. The summed E-state index contributed by atoms with van der Waals surface area (Å²) in [5.74, 6) is -0.545. The molecular formula is C22H21N5O3. The molecule has 0 unspecified atom stereocenters. The lowest BCUT2D eigenvalue weighted by Crippen LogP contribution is -2.30. The largest absolute Gasteiger partial charge is 0.398 e. The number of carbonyl (C=O) groups excluding carboxylic acids is 2. The van der Waals surface area contributed by atoms with Gasteiger partial charge >= 0.3 is 0 Å². The van der Waals surface area contributed by atoms with Gasteiger partial charge in [0.05, 0.1) is 42.5 Å². The number of carbonyl (C=O) groups is 2. The zero-order chi connectivity index (χ0) is 21.0. The van der Waals surface area contributed by atoms with Gasteiger partial charge in [-0.3, -0.25) is 14.7 Å². The van der Waals surface area contributed by atoms with Crippen LogP contribution in [0.4, 0.5) is 5.69 Å². The maximum atomic E-state index is 12.9. The maximum Gasteiger partial charge on any atom is 0.256 e. The van der Waals surface area contributed by atoms with Crippen molar-refractivity contribution in [1.29, 1.82) is 0 Å². The zero-order valence-corrected chi connectivity index (χ0v) is 16.3. The molecule has 1 aromatic heterocycles. The molecule has 2 aliphatic rings. The standard InChI is InChI=1S/C22H21N5O3/c1-11(21(24)28)7-27-8-16-14(3-4-17(23)19(16)22(27)29)12-2-5-18-15(6-12)20(26-25-18)13-9-30-10-13/h2-6,13H,1,7-10,23H2,(H2,24,28)(H,25,26). The lowest BCUT2D eigenvalue weighted by molar-refractivity contribution is -0.114. The average Bonchev–Trinajstić information content (AvgIpc) is 3.23. The molecule has 0 aliphatic carbocycles. The molecule has 2 aromatic carbocycles. The number of anilines is 1. The van der Waals surface area contributed by atoms with Crippen molar-refractivity contribution >= 4 is 28.4 Å². The van der Waals surface area contributed by atoms with Gasteiger partial charge in [0.15, 0.2) is 0 Å². The molecule has 8 nitrogen and oxygen atoms in total. The minimum atomic E-state index is -0.620. The van der Waals surface area contributed by atoms with Crippen LogP contribution in [0.15, 0.2) is 42.5 Å². The van der Waals surface area contributed by atoms with E-state index >= 15 is 0 Å². The minimum absolute atomic E-state index is 0.0777. The number of nitrogens with zero attached hydrogens (tertiary/aromatic N) is 2. The second kappa shape index (κ2) is 6.70. The van der Waals surface area contributed by atoms with Crippen LogP contribution in [-0.2, 0) is 16.1 Å². The molecule has 30 heavy (non-hydrogen) atoms. The Morgan fingerprint density at radius 1 is 1.30 bits per heavy atom. The van der Waals surface area contributed by atoms with Crippen molar-refractivity contribution in [1.82, 2.24) is 15.1 Å². The summed E-state index contributed by atoms with van der Waals surface area (Å²) in [6.07, 6.45) is 0. The van der Waals surface area contributed by atoms with Crippen molar-refractivity contribution in [3.63, 3.8) is 0 Å². The molecule has 0 radical (unpaired) electrons. The number of ether oxygens (including phenoxy) is 1. The number of fused-ring (bicyclic) bond motifs is 2. The lowest BCUT2D eigenvalue weighted by atomic mass is 9.93. The summed E-state index contributed by atoms with van der Waals surface area (Å²) in [4.78, 5) is 25.9. The molecule has 0 bridgehead atoms. The second-order valence-electron chi connectivity index (χ2n) is 7.79. The molecular weight excluding hydrogens is 382 g/mol. The van der Waals surface area contributed by atoms with E-state index in [1.165, 1.54) is 0 Å². The van der Waals surface area contributed by atoms with Crippen LogP contribution in [-0.4, -0.2) is 46.7 Å². The van der Waals surface area contributed by atoms with Crippen molar-refractivity contribution in [3.8, 4) is 11.1 Å². The van der Waals surface area contributed by atoms with E-state index in [0.717, 1.165) is 33.3 Å². The van der Waals surface area contributed by atoms with Gasteiger partial charge in [0.1, 0.15) is 0 Å². The third-order valence-electron chi connectivity index (χ3n) is 5.85. The third kappa shape index (κ3) is 2.76. The molecule has 1 saturated heterocycles. The number of hydrogen-bond acceptors (Lipinski definition) is 5. The van der Waals surface area contributed by atoms with Crippen molar-refractivity contribution in [3.05, 3.63) is 59.3 Å². The van der Waals surface area contributed by atoms with Crippen LogP contribution in [0.1, 0.15) is 27.5 Å². The first-order valence-electron chi connectivity index (χ1n) is 9.68. The molecule has 2 aliphatic heterocycles. The molecule has 0 saturated carbocycles. The van der Waals surface area contributed by atoms with Crippen LogP contribution in [0.25, 0.3) is 22.0 Å². The summed E-state index contributed by atoms with van der Waals surface area (Å²) in [6.45, 7) is 5.43. The van der Waals surface area contributed by atoms with Gasteiger partial charge in [0, 0.05) is 23.2 Å². The fourth-order valence-corrected chi connectivity index (χ4v) is 4.12. The van der Waals surface area contributed by atoms with Crippen LogP contribution in [0, 0.1) is 0 Å². The van der Waals surface area contributed by atoms with Crippen molar-refractivity contribution in [2.24, 2.45) is 5.73 Å². The first-order valence-corrected chi connectivity index (χ1v) is 9.68. The number of primary amides is 1. The molecule has 0 atom stereocenters. The Kier molecular flexibility index (Phi) is 4.11. The third-order valence-corrected chi connectivity index (χ3v) is 5.85. The Bertz CT molecular complexity index is 1220. The highest BCUT2D eigenvalue weighted by molar-refractivity contribution is 6.06. The summed E-state index contributed by atoms with van der Waals surface area (Å²) in [5, 5.41) is 8.60. The molecule has 3 heterocycles. The smallest absolute Gasteiger partial charge is 0.256 e. The first kappa shape index (κ1) is 18.4. The Hall–Kier alpha value is -3.65. The number of nitrogen functional groups attached to an aromatic ring is 1. The fourth-order valence-electron chi connectivity index (χ4n) is 4.12. The van der Waals surface area contributed by atoms with E-state index in [4.69, 9.17) is 16.2 Å². The summed E-state index contributed by atoms with van der Waals surface area (Å²) in [6, 6.07) is 9.77. The zero-order valence-electron chi connectivity index (χ0n) is 16.3. The van der Waals surface area contributed by atoms with Gasteiger partial charge in [0.25, 0.3) is 5.91 Å². The number of amides is 2. The van der Waals surface area contributed by atoms with E-state index < -0.39 is 5.91 Å². The van der Waals surface area contributed by atoms with Gasteiger partial charge in [-0.15, -0.1) is 0 Å². The van der Waals surface area contributed by atoms with Crippen LogP contribution < -0.4 is 11.5 Å². The number of benzene rings is 2. The molecule has 0 spiro atoms. The number of aromatic nitrogens is 2. The molecule has 5 rings (SSSR count). The Balaban J connectivity index is 1.57. The van der Waals surface area contributed by atoms with Gasteiger partial charge < -0.3 is 21.1 Å². The number of rotatable bonds is 5. The van der Waals surface area contributed by atoms with Gasteiger partial charge in [-0.05, 0) is 34.9 Å². The maximum absolute atomic E-state index is 12.9. The van der Waals surface area contributed by atoms with Crippen molar-refractivity contribution < 1.29 is 14.3 Å². The summed E-state index contributed by atoms with van der Waals surface area (Å²) >= 11 is 0. The van der Waals surface area contributed by atoms with Gasteiger partial charge in [-0.2, -0.15) is 5.10 Å². The highest BCUT2D eigenvalue weighted by Gasteiger charge is 2.33. The molecule has 2 amide bonds. The molecule has 1 fully saturated rings. The van der Waals surface area contributed by atoms with Crippen molar-refractivity contribution in [2.45, 2.75) is 12.5 Å². The highest BCUT2D eigenvalue weighted by Crippen LogP contribution is 2.38. The Morgan fingerprint density at radius 3 is 2.80 bits per heavy atom. The van der Waals surface area contributed by atoms with Crippen LogP contribution in [0.5, 0.6) is 0 Å². The van der Waals surface area contributed by atoms with E-state index in [0.29, 0.717) is 36.9 Å². The van der Waals surface area contributed by atoms with E-state index in [-0.39, 0.29) is 18.0 Å². The monoisotopic (exact) mass is 403 g/mol. The Morgan fingerprint density at radius 2 is 2.10 bits per heavy atom. The van der Waals surface area contributed by atoms with Crippen LogP contribution >= 0.6 is 0 Å². The van der Waals surface area contributed by atoms with E-state index in [9.17, 15) is 9.59 Å². The quantitative estimate of drug-likeness (QED) is 0.443. The number of H-pyrrole nitrogens is 1. The fraction of sp³-hybridized carbons (Fsp3) is 0.227. The topological polar surface area (TPSA) is 127 Å². The van der Waals surface area contributed by atoms with E-state index in [2.05, 4.69) is 22.8 Å². The number of aromatic amines is 1. The van der Waals surface area contributed by atoms with Crippen LogP contribution in [0.3, 0.4) is 0 Å². The summed E-state index contributed by atoms with van der Waals surface area (Å²) < 4.78 is 5.32. The van der Waals surface area contributed by atoms with Gasteiger partial charge in [-0.25, -0.2) is 0 Å². The number of nitrogens with one attached hydrogen (secondary N) is 1. The predicted molar refractivity (Wildman–Crippen MR) is 113 cm³/mol. The Labute approximate surface area is 172 Å². The van der Waals surface area contributed by atoms with Gasteiger partial charge in [0.2, 0.25) is 5.91 Å². The lowest BCUT2D eigenvalue weighted by Gasteiger charge is -2.24. The first-order chi connectivity index (χ1) is 14.4. The van der Waals surface area contributed by atoms with E-state index in [1.54, 1.807) is 11.0 Å². The molecule has 3 aromatic rings. The normalized spacial score (nSPS) is 16.0. The van der Waals surface area contributed by atoms with Crippen LogP contribution in [0.2, 0.25) is 0 Å². The summed E-state index contributed by atoms with van der Waals surface area (Å²) in [7, 11) is 0. The SMILES string of the molecule is C=C(CN1Cc2c(-c3ccc4[nH]nc(C5COC5)c4c3)ccc(N)c2C1=O)C(N)=O. The minimum Gasteiger partial charge on any atom is -0.398 e. The molecule has 5 N–H and O–H groups in total. The summed E-state index contributed by atoms with van der Waals surface area (Å²) in [5.41, 5.74) is 17.2. The predicted octanol–water partition coefficient (Wildman–Crippen LogP) is 1.92. The molecule has 152 valence electrons. The van der Waals surface area contributed by atoms with Gasteiger partial charge in [-0.1, -0.05) is 18.7 Å². The highest BCUT2D eigenvalue weighted by atomic mass is 16.5.